The van der Waals surface area contributed by atoms with Gasteiger partial charge in [-0.15, -0.1) is 0 Å². The summed E-state index contributed by atoms with van der Waals surface area (Å²) >= 11 is 0. The van der Waals surface area contributed by atoms with Gasteiger partial charge in [-0.05, 0) is 38.0 Å². The average molecular weight is 225 g/mol. The number of carbonyl (C=O) groups excluding carboxylic acids is 1. The standard InChI is InChI=1S/C12H19NO3/c1-13(7-8-2-3-8)11(14)9-4-5-10(6-9)12(15)16/h8-10H,2-7H2,1H3,(H,15,16). The molecule has 0 bridgehead atoms. The lowest BCUT2D eigenvalue weighted by molar-refractivity contribution is -0.141. The van der Waals surface area contributed by atoms with Crippen LogP contribution in [-0.4, -0.2) is 35.5 Å². The quantitative estimate of drug-likeness (QED) is 0.785. The number of hydrogen-bond acceptors (Lipinski definition) is 2. The second-order valence-electron chi connectivity index (χ2n) is 5.21. The van der Waals surface area contributed by atoms with Crippen LogP contribution in [0, 0.1) is 17.8 Å². The number of aliphatic carboxylic acids is 1. The van der Waals surface area contributed by atoms with Crippen molar-refractivity contribution in [1.29, 1.82) is 0 Å². The molecule has 1 N–H and O–H groups in total. The smallest absolute Gasteiger partial charge is 0.306 e. The maximum atomic E-state index is 12.0. The van der Waals surface area contributed by atoms with Gasteiger partial charge in [0.05, 0.1) is 5.92 Å². The van der Waals surface area contributed by atoms with E-state index in [-0.39, 0.29) is 17.7 Å². The Kier molecular flexibility index (Phi) is 3.17. The van der Waals surface area contributed by atoms with Crippen molar-refractivity contribution in [2.75, 3.05) is 13.6 Å². The van der Waals surface area contributed by atoms with E-state index in [0.717, 1.165) is 13.0 Å². The van der Waals surface area contributed by atoms with Gasteiger partial charge in [-0.3, -0.25) is 9.59 Å². The highest BCUT2D eigenvalue weighted by molar-refractivity contribution is 5.80. The van der Waals surface area contributed by atoms with Crippen LogP contribution in [-0.2, 0) is 9.59 Å². The molecule has 4 nitrogen and oxygen atoms in total. The van der Waals surface area contributed by atoms with Crippen LogP contribution in [0.5, 0.6) is 0 Å². The van der Waals surface area contributed by atoms with E-state index in [9.17, 15) is 9.59 Å². The molecular formula is C12H19NO3. The maximum absolute atomic E-state index is 12.0. The summed E-state index contributed by atoms with van der Waals surface area (Å²) in [4.78, 5) is 24.6. The van der Waals surface area contributed by atoms with Gasteiger partial charge in [0.25, 0.3) is 0 Å². The number of carboxylic acids is 1. The molecule has 0 radical (unpaired) electrons. The van der Waals surface area contributed by atoms with E-state index >= 15 is 0 Å². The van der Waals surface area contributed by atoms with E-state index in [1.165, 1.54) is 12.8 Å². The number of amides is 1. The molecule has 0 aliphatic heterocycles. The van der Waals surface area contributed by atoms with Gasteiger partial charge in [-0.2, -0.15) is 0 Å². The Morgan fingerprint density at radius 2 is 1.81 bits per heavy atom. The monoisotopic (exact) mass is 225 g/mol. The summed E-state index contributed by atoms with van der Waals surface area (Å²) in [7, 11) is 1.84. The Morgan fingerprint density at radius 3 is 2.31 bits per heavy atom. The first kappa shape index (κ1) is 11.4. The molecule has 2 aliphatic carbocycles. The molecule has 2 atom stereocenters. The molecule has 0 aromatic heterocycles. The van der Waals surface area contributed by atoms with Crippen LogP contribution in [0.4, 0.5) is 0 Å². The minimum Gasteiger partial charge on any atom is -0.481 e. The number of nitrogens with zero attached hydrogens (tertiary/aromatic N) is 1. The molecule has 2 aliphatic rings. The average Bonchev–Trinajstić information content (AvgIpc) is 2.91. The topological polar surface area (TPSA) is 57.6 Å². The Hall–Kier alpha value is -1.06. The Morgan fingerprint density at radius 1 is 1.19 bits per heavy atom. The first-order valence-corrected chi connectivity index (χ1v) is 6.05. The predicted octanol–water partition coefficient (Wildman–Crippen LogP) is 1.36. The zero-order valence-electron chi connectivity index (χ0n) is 9.69. The van der Waals surface area contributed by atoms with Crippen molar-refractivity contribution in [3.8, 4) is 0 Å². The van der Waals surface area contributed by atoms with Gasteiger partial charge in [-0.25, -0.2) is 0 Å². The molecule has 90 valence electrons. The summed E-state index contributed by atoms with van der Waals surface area (Å²) in [5.74, 6) is -0.255. The van der Waals surface area contributed by atoms with E-state index < -0.39 is 5.97 Å². The van der Waals surface area contributed by atoms with Crippen LogP contribution in [0.25, 0.3) is 0 Å². The van der Waals surface area contributed by atoms with Crippen molar-refractivity contribution in [2.24, 2.45) is 17.8 Å². The fraction of sp³-hybridized carbons (Fsp3) is 0.833. The lowest BCUT2D eigenvalue weighted by Crippen LogP contribution is -2.33. The van der Waals surface area contributed by atoms with Crippen LogP contribution < -0.4 is 0 Å². The molecule has 0 spiro atoms. The van der Waals surface area contributed by atoms with E-state index in [1.54, 1.807) is 4.90 Å². The molecule has 0 aromatic rings. The van der Waals surface area contributed by atoms with E-state index in [1.807, 2.05) is 7.05 Å². The Labute approximate surface area is 95.6 Å². The van der Waals surface area contributed by atoms with E-state index in [4.69, 9.17) is 5.11 Å². The molecule has 4 heteroatoms. The van der Waals surface area contributed by atoms with Crippen molar-refractivity contribution >= 4 is 11.9 Å². The van der Waals surface area contributed by atoms with Crippen molar-refractivity contribution in [3.05, 3.63) is 0 Å². The van der Waals surface area contributed by atoms with Gasteiger partial charge in [0.2, 0.25) is 5.91 Å². The summed E-state index contributed by atoms with van der Waals surface area (Å²) < 4.78 is 0. The third-order valence-electron chi connectivity index (χ3n) is 3.74. The minimum atomic E-state index is -0.750. The molecule has 1 amide bonds. The lowest BCUT2D eigenvalue weighted by atomic mass is 10.0. The van der Waals surface area contributed by atoms with E-state index in [0.29, 0.717) is 18.8 Å². The second kappa shape index (κ2) is 4.44. The predicted molar refractivity (Wildman–Crippen MR) is 58.8 cm³/mol. The molecule has 2 unspecified atom stereocenters. The Balaban J connectivity index is 1.83. The summed E-state index contributed by atoms with van der Waals surface area (Å²) in [6.45, 7) is 0.854. The Bertz CT molecular complexity index is 299. The van der Waals surface area contributed by atoms with Crippen molar-refractivity contribution < 1.29 is 14.7 Å². The minimum absolute atomic E-state index is 0.0511. The van der Waals surface area contributed by atoms with Crippen molar-refractivity contribution in [3.63, 3.8) is 0 Å². The number of carboxylic acid groups (broad SMARTS) is 1. The molecule has 0 aromatic carbocycles. The first-order valence-electron chi connectivity index (χ1n) is 6.05. The highest BCUT2D eigenvalue weighted by atomic mass is 16.4. The van der Waals surface area contributed by atoms with Crippen LogP contribution in [0.1, 0.15) is 32.1 Å². The summed E-state index contributed by atoms with van der Waals surface area (Å²) in [6.07, 6.45) is 4.40. The summed E-state index contributed by atoms with van der Waals surface area (Å²) in [6, 6.07) is 0. The molecule has 0 saturated heterocycles. The molecular weight excluding hydrogens is 206 g/mol. The SMILES string of the molecule is CN(CC1CC1)C(=O)C1CCC(C(=O)O)C1. The molecule has 0 heterocycles. The van der Waals surface area contributed by atoms with Gasteiger partial charge < -0.3 is 10.0 Å². The normalized spacial score (nSPS) is 29.1. The zero-order chi connectivity index (χ0) is 11.7. The lowest BCUT2D eigenvalue weighted by Gasteiger charge is -2.20. The summed E-state index contributed by atoms with van der Waals surface area (Å²) in [5.41, 5.74) is 0. The number of carbonyl (C=O) groups is 2. The van der Waals surface area contributed by atoms with Crippen LogP contribution in [0.2, 0.25) is 0 Å². The highest BCUT2D eigenvalue weighted by Gasteiger charge is 2.36. The number of hydrogen-bond donors (Lipinski definition) is 1. The van der Waals surface area contributed by atoms with Crippen molar-refractivity contribution in [2.45, 2.75) is 32.1 Å². The fourth-order valence-electron chi connectivity index (χ4n) is 2.52. The van der Waals surface area contributed by atoms with Crippen LogP contribution >= 0.6 is 0 Å². The fourth-order valence-corrected chi connectivity index (χ4v) is 2.52. The van der Waals surface area contributed by atoms with Crippen LogP contribution in [0.3, 0.4) is 0 Å². The number of rotatable bonds is 4. The van der Waals surface area contributed by atoms with Gasteiger partial charge >= 0.3 is 5.97 Å². The largest absolute Gasteiger partial charge is 0.481 e. The van der Waals surface area contributed by atoms with Gasteiger partial charge in [0.1, 0.15) is 0 Å². The third-order valence-corrected chi connectivity index (χ3v) is 3.74. The molecule has 2 fully saturated rings. The van der Waals surface area contributed by atoms with Crippen molar-refractivity contribution in [1.82, 2.24) is 4.90 Å². The maximum Gasteiger partial charge on any atom is 0.306 e. The van der Waals surface area contributed by atoms with Gasteiger partial charge in [0, 0.05) is 19.5 Å². The van der Waals surface area contributed by atoms with E-state index in [2.05, 4.69) is 0 Å². The summed E-state index contributed by atoms with van der Waals surface area (Å²) in [5, 5.41) is 8.88. The van der Waals surface area contributed by atoms with Gasteiger partial charge in [0.15, 0.2) is 0 Å². The first-order chi connectivity index (χ1) is 7.58. The highest BCUT2D eigenvalue weighted by Crippen LogP contribution is 2.34. The van der Waals surface area contributed by atoms with Gasteiger partial charge in [-0.1, -0.05) is 0 Å². The molecule has 16 heavy (non-hydrogen) atoms. The van der Waals surface area contributed by atoms with Crippen LogP contribution in [0.15, 0.2) is 0 Å². The molecule has 2 rings (SSSR count). The zero-order valence-corrected chi connectivity index (χ0v) is 9.69. The third kappa shape index (κ3) is 2.54. The molecule has 2 saturated carbocycles. The second-order valence-corrected chi connectivity index (χ2v) is 5.21.